The van der Waals surface area contributed by atoms with Gasteiger partial charge in [-0.25, -0.2) is 9.37 Å². The van der Waals surface area contributed by atoms with E-state index in [1.54, 1.807) is 11.0 Å². The van der Waals surface area contributed by atoms with Crippen molar-refractivity contribution >= 4 is 21.8 Å². The van der Waals surface area contributed by atoms with Crippen LogP contribution in [0.3, 0.4) is 0 Å². The van der Waals surface area contributed by atoms with E-state index in [-0.39, 0.29) is 5.91 Å². The molecule has 7 heteroatoms. The fourth-order valence-electron chi connectivity index (χ4n) is 1.56. The van der Waals surface area contributed by atoms with E-state index in [4.69, 9.17) is 0 Å². The predicted octanol–water partition coefficient (Wildman–Crippen LogP) is 2.00. The predicted molar refractivity (Wildman–Crippen MR) is 71.1 cm³/mol. The van der Waals surface area contributed by atoms with Crippen molar-refractivity contribution in [3.05, 3.63) is 46.7 Å². The standard InChI is InChI=1S/C12H12BrFN4O/c13-11-3-2-9(14)6-10(11)12(19)16-4-1-5-18-8-15-7-17-18/h2-3,6-8H,1,4-5H2,(H,16,19). The summed E-state index contributed by atoms with van der Waals surface area (Å²) in [5.41, 5.74) is 0.292. The largest absolute Gasteiger partial charge is 0.352 e. The summed E-state index contributed by atoms with van der Waals surface area (Å²) in [7, 11) is 0. The van der Waals surface area contributed by atoms with Crippen LogP contribution in [-0.4, -0.2) is 27.2 Å². The molecule has 19 heavy (non-hydrogen) atoms. The molecule has 0 bridgehead atoms. The molecule has 2 aromatic rings. The van der Waals surface area contributed by atoms with Crippen LogP contribution in [0.5, 0.6) is 0 Å². The van der Waals surface area contributed by atoms with Crippen molar-refractivity contribution in [2.45, 2.75) is 13.0 Å². The smallest absolute Gasteiger partial charge is 0.252 e. The van der Waals surface area contributed by atoms with E-state index in [9.17, 15) is 9.18 Å². The lowest BCUT2D eigenvalue weighted by Crippen LogP contribution is -2.25. The molecule has 2 rings (SSSR count). The number of hydrogen-bond donors (Lipinski definition) is 1. The van der Waals surface area contributed by atoms with Gasteiger partial charge in [-0.05, 0) is 40.5 Å². The quantitative estimate of drug-likeness (QED) is 0.855. The molecule has 0 saturated heterocycles. The Morgan fingerprint density at radius 2 is 2.32 bits per heavy atom. The number of benzene rings is 1. The van der Waals surface area contributed by atoms with Crippen molar-refractivity contribution in [3.63, 3.8) is 0 Å². The zero-order chi connectivity index (χ0) is 13.7. The molecule has 0 aliphatic rings. The molecule has 1 N–H and O–H groups in total. The summed E-state index contributed by atoms with van der Waals surface area (Å²) in [6, 6.07) is 4.02. The molecule has 0 atom stereocenters. The number of carbonyl (C=O) groups is 1. The Labute approximate surface area is 118 Å². The van der Waals surface area contributed by atoms with Gasteiger partial charge in [0.15, 0.2) is 0 Å². The molecule has 0 spiro atoms. The molecule has 1 aromatic carbocycles. The lowest BCUT2D eigenvalue weighted by Gasteiger charge is -2.07. The Morgan fingerprint density at radius 3 is 3.05 bits per heavy atom. The summed E-state index contributed by atoms with van der Waals surface area (Å²) in [5.74, 6) is -0.735. The van der Waals surface area contributed by atoms with Crippen LogP contribution in [0, 0.1) is 5.82 Å². The van der Waals surface area contributed by atoms with Crippen LogP contribution in [0.4, 0.5) is 4.39 Å². The van der Waals surface area contributed by atoms with E-state index in [1.807, 2.05) is 0 Å². The summed E-state index contributed by atoms with van der Waals surface area (Å²) in [4.78, 5) is 15.7. The molecule has 0 aliphatic carbocycles. The highest BCUT2D eigenvalue weighted by Gasteiger charge is 2.10. The fourth-order valence-corrected chi connectivity index (χ4v) is 1.98. The van der Waals surface area contributed by atoms with Crippen LogP contribution in [0.2, 0.25) is 0 Å². The SMILES string of the molecule is O=C(NCCCn1cncn1)c1cc(F)ccc1Br. The molecular formula is C12H12BrFN4O. The first-order valence-corrected chi connectivity index (χ1v) is 6.52. The highest BCUT2D eigenvalue weighted by molar-refractivity contribution is 9.10. The number of amides is 1. The van der Waals surface area contributed by atoms with Gasteiger partial charge < -0.3 is 5.32 Å². The normalized spacial score (nSPS) is 10.4. The number of aromatic nitrogens is 3. The Hall–Kier alpha value is -1.76. The van der Waals surface area contributed by atoms with Crippen LogP contribution < -0.4 is 5.32 Å². The Balaban J connectivity index is 1.82. The second kappa shape index (κ2) is 6.42. The minimum Gasteiger partial charge on any atom is -0.352 e. The number of aryl methyl sites for hydroxylation is 1. The molecule has 0 radical (unpaired) electrons. The van der Waals surface area contributed by atoms with Crippen molar-refractivity contribution in [1.82, 2.24) is 20.1 Å². The summed E-state index contributed by atoms with van der Waals surface area (Å²) in [6.07, 6.45) is 3.80. The van der Waals surface area contributed by atoms with E-state index in [0.717, 1.165) is 6.42 Å². The third kappa shape index (κ3) is 3.85. The second-order valence-corrected chi connectivity index (χ2v) is 4.75. The molecule has 100 valence electrons. The monoisotopic (exact) mass is 326 g/mol. The second-order valence-electron chi connectivity index (χ2n) is 3.89. The third-order valence-electron chi connectivity index (χ3n) is 2.49. The Bertz CT molecular complexity index is 559. The van der Waals surface area contributed by atoms with E-state index >= 15 is 0 Å². The van der Waals surface area contributed by atoms with E-state index in [0.29, 0.717) is 23.1 Å². The van der Waals surface area contributed by atoms with Crippen molar-refractivity contribution in [2.24, 2.45) is 0 Å². The third-order valence-corrected chi connectivity index (χ3v) is 3.18. The minimum absolute atomic E-state index is 0.292. The molecule has 0 fully saturated rings. The van der Waals surface area contributed by atoms with Gasteiger partial charge in [0.05, 0.1) is 5.56 Å². The zero-order valence-electron chi connectivity index (χ0n) is 10.0. The van der Waals surface area contributed by atoms with Crippen LogP contribution in [0.1, 0.15) is 16.8 Å². The number of carbonyl (C=O) groups excluding carboxylic acids is 1. The van der Waals surface area contributed by atoms with Crippen LogP contribution in [0.15, 0.2) is 35.3 Å². The van der Waals surface area contributed by atoms with Gasteiger partial charge in [-0.15, -0.1) is 0 Å². The number of halogens is 2. The van der Waals surface area contributed by atoms with Crippen molar-refractivity contribution in [2.75, 3.05) is 6.54 Å². The van der Waals surface area contributed by atoms with Gasteiger partial charge in [0.1, 0.15) is 18.5 Å². The van der Waals surface area contributed by atoms with Crippen molar-refractivity contribution in [1.29, 1.82) is 0 Å². The van der Waals surface area contributed by atoms with Gasteiger partial charge in [-0.1, -0.05) is 0 Å². The van der Waals surface area contributed by atoms with Crippen LogP contribution in [-0.2, 0) is 6.54 Å². The van der Waals surface area contributed by atoms with Crippen LogP contribution in [0.25, 0.3) is 0 Å². The maximum absolute atomic E-state index is 13.1. The van der Waals surface area contributed by atoms with Crippen molar-refractivity contribution in [3.8, 4) is 0 Å². The molecule has 0 aliphatic heterocycles. The van der Waals surface area contributed by atoms with Gasteiger partial charge in [-0.3, -0.25) is 9.48 Å². The molecule has 1 amide bonds. The average Bonchev–Trinajstić information content (AvgIpc) is 2.90. The summed E-state index contributed by atoms with van der Waals surface area (Å²) >= 11 is 3.22. The fraction of sp³-hybridized carbons (Fsp3) is 0.250. The minimum atomic E-state index is -0.434. The number of nitrogens with zero attached hydrogens (tertiary/aromatic N) is 3. The van der Waals surface area contributed by atoms with E-state index < -0.39 is 5.82 Å². The maximum atomic E-state index is 13.1. The zero-order valence-corrected chi connectivity index (χ0v) is 11.6. The average molecular weight is 327 g/mol. The topological polar surface area (TPSA) is 59.8 Å². The maximum Gasteiger partial charge on any atom is 0.252 e. The molecule has 0 unspecified atom stereocenters. The molecule has 5 nitrogen and oxygen atoms in total. The number of rotatable bonds is 5. The summed E-state index contributed by atoms with van der Waals surface area (Å²) in [6.45, 7) is 1.16. The summed E-state index contributed by atoms with van der Waals surface area (Å²) in [5, 5.41) is 6.68. The van der Waals surface area contributed by atoms with Crippen molar-refractivity contribution < 1.29 is 9.18 Å². The van der Waals surface area contributed by atoms with E-state index in [2.05, 4.69) is 31.3 Å². The van der Waals surface area contributed by atoms with Gasteiger partial charge in [0.2, 0.25) is 0 Å². The summed E-state index contributed by atoms with van der Waals surface area (Å²) < 4.78 is 15.3. The van der Waals surface area contributed by atoms with Gasteiger partial charge >= 0.3 is 0 Å². The number of nitrogens with one attached hydrogen (secondary N) is 1. The first-order chi connectivity index (χ1) is 9.16. The molecule has 1 aromatic heterocycles. The molecular weight excluding hydrogens is 315 g/mol. The van der Waals surface area contributed by atoms with Crippen LogP contribution >= 0.6 is 15.9 Å². The number of hydrogen-bond acceptors (Lipinski definition) is 3. The Morgan fingerprint density at radius 1 is 1.47 bits per heavy atom. The highest BCUT2D eigenvalue weighted by Crippen LogP contribution is 2.17. The molecule has 1 heterocycles. The first-order valence-electron chi connectivity index (χ1n) is 5.72. The lowest BCUT2D eigenvalue weighted by molar-refractivity contribution is 0.0951. The first kappa shape index (κ1) is 13.7. The Kier molecular flexibility index (Phi) is 4.62. The van der Waals surface area contributed by atoms with Gasteiger partial charge in [0, 0.05) is 17.6 Å². The van der Waals surface area contributed by atoms with E-state index in [1.165, 1.54) is 24.5 Å². The lowest BCUT2D eigenvalue weighted by atomic mass is 10.2. The van der Waals surface area contributed by atoms with Gasteiger partial charge in [0.25, 0.3) is 5.91 Å². The molecule has 0 saturated carbocycles. The highest BCUT2D eigenvalue weighted by atomic mass is 79.9. The van der Waals surface area contributed by atoms with Gasteiger partial charge in [-0.2, -0.15) is 5.10 Å².